The fraction of sp³-hybridized carbons (Fsp3) is 0.692. The number of ether oxygens (including phenoxy) is 4. The molecule has 4 atom stereocenters. The molecule has 0 radical (unpaired) electrons. The van der Waals surface area contributed by atoms with Crippen molar-refractivity contribution in [3.8, 4) is 0 Å². The van der Waals surface area contributed by atoms with Crippen LogP contribution in [-0.4, -0.2) is 36.5 Å². The Morgan fingerprint density at radius 3 is 2.82 bits per heavy atom. The molecule has 0 bridgehead atoms. The second kappa shape index (κ2) is 3.42. The van der Waals surface area contributed by atoms with Crippen molar-refractivity contribution in [2.45, 2.75) is 50.7 Å². The van der Waals surface area contributed by atoms with Gasteiger partial charge in [-0.1, -0.05) is 18.7 Å². The van der Waals surface area contributed by atoms with Crippen molar-refractivity contribution >= 4 is 0 Å². The lowest BCUT2D eigenvalue weighted by Gasteiger charge is -2.37. The molecule has 0 aromatic heterocycles. The Balaban J connectivity index is 1.94. The molecule has 2 saturated heterocycles. The Bertz CT molecular complexity index is 387. The molecule has 0 aromatic rings. The Labute approximate surface area is 101 Å². The molecule has 0 aromatic carbocycles. The van der Waals surface area contributed by atoms with Gasteiger partial charge < -0.3 is 18.9 Å². The number of hydrogen-bond acceptors (Lipinski definition) is 4. The fourth-order valence-corrected chi connectivity index (χ4v) is 2.82. The molecule has 0 unspecified atom stereocenters. The van der Waals surface area contributed by atoms with Crippen LogP contribution in [0.4, 0.5) is 0 Å². The molecule has 4 heteroatoms. The first kappa shape index (κ1) is 11.4. The zero-order chi connectivity index (χ0) is 12.3. The fourth-order valence-electron chi connectivity index (χ4n) is 2.82. The number of fused-ring (bicyclic) bond motifs is 3. The molecule has 3 rings (SSSR count). The van der Waals surface area contributed by atoms with Crippen molar-refractivity contribution in [3.63, 3.8) is 0 Å². The molecule has 4 nitrogen and oxygen atoms in total. The average Bonchev–Trinajstić information content (AvgIpc) is 2.69. The summed E-state index contributed by atoms with van der Waals surface area (Å²) in [6, 6.07) is 0. The van der Waals surface area contributed by atoms with Gasteiger partial charge in [0.1, 0.15) is 17.8 Å². The molecule has 94 valence electrons. The third kappa shape index (κ3) is 1.52. The molecule has 3 aliphatic heterocycles. The zero-order valence-corrected chi connectivity index (χ0v) is 10.4. The number of rotatable bonds is 1. The van der Waals surface area contributed by atoms with Crippen LogP contribution in [0.15, 0.2) is 24.3 Å². The summed E-state index contributed by atoms with van der Waals surface area (Å²) >= 11 is 0. The first-order valence-electron chi connectivity index (χ1n) is 5.94. The minimum Gasteiger partial charge on any atom is -0.365 e. The van der Waals surface area contributed by atoms with Crippen LogP contribution < -0.4 is 0 Å². The highest BCUT2D eigenvalue weighted by atomic mass is 16.8. The third-order valence-corrected chi connectivity index (χ3v) is 3.67. The second-order valence-electron chi connectivity index (χ2n) is 5.34. The van der Waals surface area contributed by atoms with Gasteiger partial charge in [-0.05, 0) is 26.3 Å². The van der Waals surface area contributed by atoms with E-state index in [-0.39, 0.29) is 18.5 Å². The summed E-state index contributed by atoms with van der Waals surface area (Å²) in [5.74, 6) is -0.609. The van der Waals surface area contributed by atoms with Crippen LogP contribution in [0.1, 0.15) is 20.8 Å². The summed E-state index contributed by atoms with van der Waals surface area (Å²) in [4.78, 5) is 0. The SMILES string of the molecule is C=CC1=CCO[C@]2(C)[C@@H]1O[C@@H]1OC(C)(C)O[C@@H]12. The van der Waals surface area contributed by atoms with Crippen LogP contribution in [0.5, 0.6) is 0 Å². The highest BCUT2D eigenvalue weighted by molar-refractivity contribution is 5.30. The molecule has 17 heavy (non-hydrogen) atoms. The largest absolute Gasteiger partial charge is 0.365 e. The maximum Gasteiger partial charge on any atom is 0.190 e. The highest BCUT2D eigenvalue weighted by Crippen LogP contribution is 2.48. The van der Waals surface area contributed by atoms with E-state index >= 15 is 0 Å². The summed E-state index contributed by atoms with van der Waals surface area (Å²) in [5.41, 5.74) is 0.564. The zero-order valence-electron chi connectivity index (χ0n) is 10.4. The van der Waals surface area contributed by atoms with Crippen molar-refractivity contribution in [2.24, 2.45) is 0 Å². The predicted octanol–water partition coefficient (Wildman–Crippen LogP) is 1.76. The molecule has 2 fully saturated rings. The van der Waals surface area contributed by atoms with Gasteiger partial charge in [0.05, 0.1) is 6.61 Å². The van der Waals surface area contributed by atoms with E-state index in [1.165, 1.54) is 0 Å². The summed E-state index contributed by atoms with van der Waals surface area (Å²) < 4.78 is 23.4. The van der Waals surface area contributed by atoms with Gasteiger partial charge in [-0.15, -0.1) is 0 Å². The quantitative estimate of drug-likeness (QED) is 0.697. The Kier molecular flexibility index (Phi) is 2.29. The maximum absolute atomic E-state index is 5.92. The molecule has 3 heterocycles. The summed E-state index contributed by atoms with van der Waals surface area (Å²) in [5, 5.41) is 0. The molecule has 0 saturated carbocycles. The van der Waals surface area contributed by atoms with E-state index in [0.29, 0.717) is 6.61 Å². The van der Waals surface area contributed by atoms with Crippen LogP contribution in [0, 0.1) is 0 Å². The lowest BCUT2D eigenvalue weighted by Crippen LogP contribution is -2.51. The molecule has 0 spiro atoms. The van der Waals surface area contributed by atoms with Crippen LogP contribution in [-0.2, 0) is 18.9 Å². The van der Waals surface area contributed by atoms with Crippen molar-refractivity contribution in [1.82, 2.24) is 0 Å². The van der Waals surface area contributed by atoms with Crippen LogP contribution in [0.25, 0.3) is 0 Å². The minimum absolute atomic E-state index is 0.153. The van der Waals surface area contributed by atoms with E-state index in [0.717, 1.165) is 5.57 Å². The van der Waals surface area contributed by atoms with E-state index in [9.17, 15) is 0 Å². The monoisotopic (exact) mass is 238 g/mol. The van der Waals surface area contributed by atoms with E-state index in [1.807, 2.05) is 32.9 Å². The molecule has 3 aliphatic rings. The lowest BCUT2D eigenvalue weighted by atomic mass is 9.87. The van der Waals surface area contributed by atoms with Gasteiger partial charge >= 0.3 is 0 Å². The van der Waals surface area contributed by atoms with Gasteiger partial charge in [0.2, 0.25) is 0 Å². The normalized spacial score (nSPS) is 47.2. The molecular weight excluding hydrogens is 220 g/mol. The Hall–Kier alpha value is -0.680. The first-order valence-corrected chi connectivity index (χ1v) is 5.94. The third-order valence-electron chi connectivity index (χ3n) is 3.67. The number of hydrogen-bond donors (Lipinski definition) is 0. The minimum atomic E-state index is -0.609. The van der Waals surface area contributed by atoms with Crippen molar-refractivity contribution in [1.29, 1.82) is 0 Å². The highest BCUT2D eigenvalue weighted by Gasteiger charge is 2.63. The Morgan fingerprint density at radius 2 is 2.12 bits per heavy atom. The maximum atomic E-state index is 5.92. The predicted molar refractivity (Wildman–Crippen MR) is 61.3 cm³/mol. The van der Waals surface area contributed by atoms with Gasteiger partial charge in [-0.2, -0.15) is 0 Å². The summed E-state index contributed by atoms with van der Waals surface area (Å²) in [6.45, 7) is 10.2. The second-order valence-corrected chi connectivity index (χ2v) is 5.34. The Morgan fingerprint density at radius 1 is 1.35 bits per heavy atom. The van der Waals surface area contributed by atoms with E-state index in [1.54, 1.807) is 0 Å². The molecule has 0 N–H and O–H groups in total. The van der Waals surface area contributed by atoms with Gasteiger partial charge in [-0.25, -0.2) is 0 Å². The van der Waals surface area contributed by atoms with Crippen molar-refractivity contribution < 1.29 is 18.9 Å². The van der Waals surface area contributed by atoms with E-state index < -0.39 is 11.4 Å². The van der Waals surface area contributed by atoms with Gasteiger partial charge in [0.25, 0.3) is 0 Å². The van der Waals surface area contributed by atoms with Gasteiger partial charge in [-0.3, -0.25) is 0 Å². The summed E-state index contributed by atoms with van der Waals surface area (Å²) in [6.07, 6.45) is 3.11. The smallest absolute Gasteiger partial charge is 0.190 e. The van der Waals surface area contributed by atoms with Gasteiger partial charge in [0.15, 0.2) is 12.1 Å². The first-order chi connectivity index (χ1) is 7.96. The van der Waals surface area contributed by atoms with Crippen LogP contribution in [0.2, 0.25) is 0 Å². The van der Waals surface area contributed by atoms with Gasteiger partial charge in [0, 0.05) is 0 Å². The van der Waals surface area contributed by atoms with Crippen molar-refractivity contribution in [2.75, 3.05) is 6.61 Å². The van der Waals surface area contributed by atoms with Crippen LogP contribution >= 0.6 is 0 Å². The standard InChI is InChI=1S/C13H18O4/c1-5-8-6-7-14-13(4)9(8)15-11-10(13)16-12(2,3)17-11/h5-6,9-11H,1,7H2,2-4H3/t9-,10+,11-,13-/m1/s1. The van der Waals surface area contributed by atoms with E-state index in [2.05, 4.69) is 6.58 Å². The summed E-state index contributed by atoms with van der Waals surface area (Å²) in [7, 11) is 0. The lowest BCUT2D eigenvalue weighted by molar-refractivity contribution is -0.228. The molecule has 0 aliphatic carbocycles. The van der Waals surface area contributed by atoms with Crippen LogP contribution in [0.3, 0.4) is 0 Å². The van der Waals surface area contributed by atoms with E-state index in [4.69, 9.17) is 18.9 Å². The topological polar surface area (TPSA) is 36.9 Å². The van der Waals surface area contributed by atoms with Crippen molar-refractivity contribution in [3.05, 3.63) is 24.3 Å². The molecular formula is C13H18O4. The molecule has 0 amide bonds. The average molecular weight is 238 g/mol.